The van der Waals surface area contributed by atoms with Crippen LogP contribution in [0.5, 0.6) is 0 Å². The van der Waals surface area contributed by atoms with Crippen LogP contribution < -0.4 is 0 Å². The molecule has 2 rings (SSSR count). The largest absolute Gasteiger partial charge is 0.481 e. The smallest absolute Gasteiger partial charge is 0.303 e. The topological polar surface area (TPSA) is 102 Å². The Bertz CT molecular complexity index is 512. The van der Waals surface area contributed by atoms with Crippen molar-refractivity contribution in [3.8, 4) is 11.5 Å². The molecule has 0 bridgehead atoms. The number of hydrogen-bond donors (Lipinski definition) is 1. The highest BCUT2D eigenvalue weighted by Gasteiger charge is 2.08. The third-order valence-corrected chi connectivity index (χ3v) is 2.31. The number of hydrogen-bond acceptors (Lipinski definition) is 6. The number of rotatable bonds is 6. The van der Waals surface area contributed by atoms with Crippen LogP contribution in [0, 0.1) is 0 Å². The fourth-order valence-corrected chi connectivity index (χ4v) is 1.43. The van der Waals surface area contributed by atoms with E-state index in [1.165, 1.54) is 6.33 Å². The number of aliphatic carboxylic acids is 1. The average molecular weight is 248 g/mol. The van der Waals surface area contributed by atoms with Gasteiger partial charge in [-0.05, 0) is 12.8 Å². The van der Waals surface area contributed by atoms with Gasteiger partial charge in [0, 0.05) is 25.2 Å². The second kappa shape index (κ2) is 5.85. The second-order valence-electron chi connectivity index (χ2n) is 3.73. The lowest BCUT2D eigenvalue weighted by atomic mass is 10.2. The number of aromatic nitrogens is 4. The Morgan fingerprint density at radius 1 is 1.22 bits per heavy atom. The van der Waals surface area contributed by atoms with Crippen molar-refractivity contribution in [3.05, 3.63) is 24.6 Å². The zero-order valence-corrected chi connectivity index (χ0v) is 9.61. The minimum absolute atomic E-state index is 0.160. The van der Waals surface area contributed by atoms with Crippen molar-refractivity contribution >= 4 is 5.97 Å². The molecule has 0 fully saturated rings. The molecule has 2 aromatic rings. The van der Waals surface area contributed by atoms with Gasteiger partial charge < -0.3 is 9.52 Å². The lowest BCUT2D eigenvalue weighted by Crippen LogP contribution is -1.95. The van der Waals surface area contributed by atoms with Gasteiger partial charge in [-0.3, -0.25) is 4.79 Å². The molecule has 0 aliphatic heterocycles. The monoisotopic (exact) mass is 248 g/mol. The molecule has 0 spiro atoms. The second-order valence-corrected chi connectivity index (χ2v) is 3.73. The maximum Gasteiger partial charge on any atom is 0.303 e. The van der Waals surface area contributed by atoms with Crippen LogP contribution in [0.15, 0.2) is 23.1 Å². The minimum Gasteiger partial charge on any atom is -0.481 e. The lowest BCUT2D eigenvalue weighted by Gasteiger charge is -1.94. The molecule has 0 atom stereocenters. The summed E-state index contributed by atoms with van der Waals surface area (Å²) in [6.07, 6.45) is 6.65. The van der Waals surface area contributed by atoms with Gasteiger partial charge in [-0.15, -0.1) is 10.2 Å². The summed E-state index contributed by atoms with van der Waals surface area (Å²) < 4.78 is 5.43. The molecule has 0 aromatic carbocycles. The lowest BCUT2D eigenvalue weighted by molar-refractivity contribution is -0.137. The summed E-state index contributed by atoms with van der Waals surface area (Å²) in [4.78, 5) is 18.1. The van der Waals surface area contributed by atoms with Crippen molar-refractivity contribution in [2.75, 3.05) is 0 Å². The van der Waals surface area contributed by atoms with Crippen LogP contribution in [0.1, 0.15) is 25.2 Å². The Labute approximate surface area is 103 Å². The van der Waals surface area contributed by atoms with Crippen molar-refractivity contribution in [3.63, 3.8) is 0 Å². The van der Waals surface area contributed by atoms with Crippen LogP contribution in [0.4, 0.5) is 0 Å². The van der Waals surface area contributed by atoms with Crippen LogP contribution >= 0.6 is 0 Å². The molecule has 0 unspecified atom stereocenters. The molecule has 0 aliphatic rings. The third-order valence-electron chi connectivity index (χ3n) is 2.31. The minimum atomic E-state index is -0.789. The molecule has 0 amide bonds. The van der Waals surface area contributed by atoms with Gasteiger partial charge in [0.15, 0.2) is 0 Å². The van der Waals surface area contributed by atoms with Crippen LogP contribution in [0.25, 0.3) is 11.5 Å². The summed E-state index contributed by atoms with van der Waals surface area (Å²) in [6, 6.07) is 0. The SMILES string of the molecule is O=C(O)CCCCc1nnc(-c2cncnc2)o1. The highest BCUT2D eigenvalue weighted by molar-refractivity contribution is 5.66. The normalized spacial score (nSPS) is 10.4. The number of carboxylic acids is 1. The van der Waals surface area contributed by atoms with Gasteiger partial charge in [-0.1, -0.05) is 0 Å². The van der Waals surface area contributed by atoms with Gasteiger partial charge in [-0.2, -0.15) is 0 Å². The molecule has 7 heteroatoms. The highest BCUT2D eigenvalue weighted by Crippen LogP contribution is 2.16. The van der Waals surface area contributed by atoms with Gasteiger partial charge in [-0.25, -0.2) is 9.97 Å². The van der Waals surface area contributed by atoms with Crippen LogP contribution in [0.3, 0.4) is 0 Å². The maximum atomic E-state index is 10.3. The maximum absolute atomic E-state index is 10.3. The molecular formula is C11H12N4O3. The highest BCUT2D eigenvalue weighted by atomic mass is 16.4. The van der Waals surface area contributed by atoms with Crippen LogP contribution in [-0.4, -0.2) is 31.2 Å². The first-order valence-electron chi connectivity index (χ1n) is 5.55. The van der Waals surface area contributed by atoms with Gasteiger partial charge in [0.25, 0.3) is 5.89 Å². The van der Waals surface area contributed by atoms with E-state index in [0.717, 1.165) is 0 Å². The van der Waals surface area contributed by atoms with E-state index in [-0.39, 0.29) is 6.42 Å². The van der Waals surface area contributed by atoms with E-state index in [1.807, 2.05) is 0 Å². The predicted molar refractivity (Wildman–Crippen MR) is 60.5 cm³/mol. The fourth-order valence-electron chi connectivity index (χ4n) is 1.43. The molecule has 0 aliphatic carbocycles. The van der Waals surface area contributed by atoms with Crippen molar-refractivity contribution in [1.29, 1.82) is 0 Å². The average Bonchev–Trinajstić information content (AvgIpc) is 2.84. The summed E-state index contributed by atoms with van der Waals surface area (Å²) in [5, 5.41) is 16.3. The van der Waals surface area contributed by atoms with Gasteiger partial charge in [0.05, 0.1) is 5.56 Å². The molecule has 7 nitrogen and oxygen atoms in total. The molecule has 94 valence electrons. The number of nitrogens with zero attached hydrogens (tertiary/aromatic N) is 4. The van der Waals surface area contributed by atoms with Crippen molar-refractivity contribution in [2.45, 2.75) is 25.7 Å². The van der Waals surface area contributed by atoms with E-state index in [0.29, 0.717) is 36.6 Å². The van der Waals surface area contributed by atoms with E-state index in [4.69, 9.17) is 9.52 Å². The number of unbranched alkanes of at least 4 members (excludes halogenated alkanes) is 1. The molecule has 1 N–H and O–H groups in total. The summed E-state index contributed by atoms with van der Waals surface area (Å²) >= 11 is 0. The first-order valence-corrected chi connectivity index (χ1v) is 5.55. The standard InChI is InChI=1S/C11H12N4O3/c16-10(17)4-2-1-3-9-14-15-11(18-9)8-5-12-7-13-6-8/h5-7H,1-4H2,(H,16,17). The van der Waals surface area contributed by atoms with Crippen LogP contribution in [-0.2, 0) is 11.2 Å². The summed E-state index contributed by atoms with van der Waals surface area (Å²) in [6.45, 7) is 0. The van der Waals surface area contributed by atoms with Gasteiger partial charge >= 0.3 is 5.97 Å². The van der Waals surface area contributed by atoms with Gasteiger partial charge in [0.1, 0.15) is 6.33 Å². The third kappa shape index (κ3) is 3.34. The summed E-state index contributed by atoms with van der Waals surface area (Å²) in [5.74, 6) is 0.0886. The quantitative estimate of drug-likeness (QED) is 0.769. The molecule has 2 heterocycles. The zero-order valence-electron chi connectivity index (χ0n) is 9.61. The van der Waals surface area contributed by atoms with E-state index in [2.05, 4.69) is 20.2 Å². The molecule has 0 radical (unpaired) electrons. The predicted octanol–water partition coefficient (Wildman–Crippen LogP) is 1.32. The number of aryl methyl sites for hydroxylation is 1. The molecule has 0 saturated carbocycles. The first-order chi connectivity index (χ1) is 8.75. The van der Waals surface area contributed by atoms with Crippen molar-refractivity contribution < 1.29 is 14.3 Å². The van der Waals surface area contributed by atoms with Crippen molar-refractivity contribution in [1.82, 2.24) is 20.2 Å². The van der Waals surface area contributed by atoms with Crippen molar-refractivity contribution in [2.24, 2.45) is 0 Å². The van der Waals surface area contributed by atoms with E-state index < -0.39 is 5.97 Å². The number of carboxylic acid groups (broad SMARTS) is 1. The van der Waals surface area contributed by atoms with Gasteiger partial charge in [0.2, 0.25) is 5.89 Å². The summed E-state index contributed by atoms with van der Waals surface area (Å²) in [5.41, 5.74) is 0.668. The summed E-state index contributed by atoms with van der Waals surface area (Å²) in [7, 11) is 0. The molecule has 18 heavy (non-hydrogen) atoms. The number of carbonyl (C=O) groups is 1. The molecule has 0 saturated heterocycles. The molecule has 2 aromatic heterocycles. The first kappa shape index (κ1) is 12.2. The Balaban J connectivity index is 1.89. The molecular weight excluding hydrogens is 236 g/mol. The Kier molecular flexibility index (Phi) is 3.95. The van der Waals surface area contributed by atoms with E-state index in [9.17, 15) is 4.79 Å². The van der Waals surface area contributed by atoms with E-state index >= 15 is 0 Å². The Morgan fingerprint density at radius 2 is 2.00 bits per heavy atom. The van der Waals surface area contributed by atoms with Crippen LogP contribution in [0.2, 0.25) is 0 Å². The Morgan fingerprint density at radius 3 is 2.72 bits per heavy atom. The van der Waals surface area contributed by atoms with E-state index in [1.54, 1.807) is 12.4 Å². The zero-order chi connectivity index (χ0) is 12.8. The fraction of sp³-hybridized carbons (Fsp3) is 0.364. The Hall–Kier alpha value is -2.31.